The van der Waals surface area contributed by atoms with Crippen molar-refractivity contribution < 1.29 is 13.5 Å². The SMILES string of the molecule is NC(CCN1CCOCC1)c1cccc(F)c1F. The number of morpholine rings is 1. The zero-order valence-electron chi connectivity index (χ0n) is 10.2. The normalized spacial score (nSPS) is 18.8. The third-order valence-electron chi connectivity index (χ3n) is 3.24. The number of benzene rings is 1. The van der Waals surface area contributed by atoms with Crippen LogP contribution in [0.2, 0.25) is 0 Å². The van der Waals surface area contributed by atoms with Crippen molar-refractivity contribution >= 4 is 0 Å². The molecule has 1 aliphatic heterocycles. The molecule has 1 aromatic carbocycles. The first-order chi connectivity index (χ1) is 8.68. The predicted octanol–water partition coefficient (Wildman–Crippen LogP) is 1.69. The second-order valence-corrected chi connectivity index (χ2v) is 4.49. The molecule has 0 aliphatic carbocycles. The molecule has 0 amide bonds. The molecule has 3 nitrogen and oxygen atoms in total. The molecule has 1 saturated heterocycles. The smallest absolute Gasteiger partial charge is 0.163 e. The van der Waals surface area contributed by atoms with E-state index < -0.39 is 17.7 Å². The maximum atomic E-state index is 13.5. The fourth-order valence-corrected chi connectivity index (χ4v) is 2.11. The first-order valence-corrected chi connectivity index (χ1v) is 6.18. The van der Waals surface area contributed by atoms with Crippen molar-refractivity contribution in [3.8, 4) is 0 Å². The lowest BCUT2D eigenvalue weighted by atomic mass is 10.0. The average molecular weight is 256 g/mol. The maximum absolute atomic E-state index is 13.5. The van der Waals surface area contributed by atoms with Crippen LogP contribution in [0.4, 0.5) is 8.78 Å². The van der Waals surface area contributed by atoms with Crippen LogP contribution in [-0.2, 0) is 4.74 Å². The minimum absolute atomic E-state index is 0.253. The van der Waals surface area contributed by atoms with Gasteiger partial charge in [0.05, 0.1) is 13.2 Å². The van der Waals surface area contributed by atoms with Crippen LogP contribution in [0.15, 0.2) is 18.2 Å². The van der Waals surface area contributed by atoms with Crippen molar-refractivity contribution in [3.63, 3.8) is 0 Å². The molecule has 1 atom stereocenters. The van der Waals surface area contributed by atoms with Crippen LogP contribution in [-0.4, -0.2) is 37.7 Å². The van der Waals surface area contributed by atoms with Crippen molar-refractivity contribution in [2.45, 2.75) is 12.5 Å². The van der Waals surface area contributed by atoms with Crippen molar-refractivity contribution in [1.82, 2.24) is 4.90 Å². The highest BCUT2D eigenvalue weighted by atomic mass is 19.2. The Morgan fingerprint density at radius 3 is 2.72 bits per heavy atom. The minimum Gasteiger partial charge on any atom is -0.379 e. The van der Waals surface area contributed by atoms with Gasteiger partial charge >= 0.3 is 0 Å². The molecule has 2 rings (SSSR count). The summed E-state index contributed by atoms with van der Waals surface area (Å²) < 4.78 is 31.8. The van der Waals surface area contributed by atoms with E-state index in [1.807, 2.05) is 0 Å². The highest BCUT2D eigenvalue weighted by Crippen LogP contribution is 2.20. The van der Waals surface area contributed by atoms with Crippen LogP contribution < -0.4 is 5.73 Å². The summed E-state index contributed by atoms with van der Waals surface area (Å²) in [5, 5.41) is 0. The molecule has 100 valence electrons. The molecule has 0 radical (unpaired) electrons. The Balaban J connectivity index is 1.90. The number of hydrogen-bond donors (Lipinski definition) is 1. The summed E-state index contributed by atoms with van der Waals surface area (Å²) in [6.07, 6.45) is 0.611. The van der Waals surface area contributed by atoms with Gasteiger partial charge in [-0.15, -0.1) is 0 Å². The number of hydrogen-bond acceptors (Lipinski definition) is 3. The summed E-state index contributed by atoms with van der Waals surface area (Å²) in [6.45, 7) is 3.98. The summed E-state index contributed by atoms with van der Waals surface area (Å²) in [7, 11) is 0. The van der Waals surface area contributed by atoms with Gasteiger partial charge in [-0.3, -0.25) is 4.90 Å². The molecule has 1 heterocycles. The van der Waals surface area contributed by atoms with Gasteiger partial charge in [0.1, 0.15) is 0 Å². The van der Waals surface area contributed by atoms with Gasteiger partial charge < -0.3 is 10.5 Å². The largest absolute Gasteiger partial charge is 0.379 e. The summed E-state index contributed by atoms with van der Waals surface area (Å²) in [5.74, 6) is -1.67. The molecule has 1 fully saturated rings. The van der Waals surface area contributed by atoms with Crippen molar-refractivity contribution in [1.29, 1.82) is 0 Å². The molecule has 0 aromatic heterocycles. The van der Waals surface area contributed by atoms with Gasteiger partial charge in [-0.05, 0) is 12.5 Å². The Labute approximate surface area is 106 Å². The highest BCUT2D eigenvalue weighted by Gasteiger charge is 2.16. The average Bonchev–Trinajstić information content (AvgIpc) is 2.40. The van der Waals surface area contributed by atoms with Gasteiger partial charge in [-0.25, -0.2) is 8.78 Å². The van der Waals surface area contributed by atoms with E-state index in [0.29, 0.717) is 6.42 Å². The van der Waals surface area contributed by atoms with Crippen LogP contribution >= 0.6 is 0 Å². The first kappa shape index (κ1) is 13.4. The Morgan fingerprint density at radius 1 is 1.28 bits per heavy atom. The van der Waals surface area contributed by atoms with E-state index in [1.165, 1.54) is 6.07 Å². The van der Waals surface area contributed by atoms with Crippen molar-refractivity contribution in [3.05, 3.63) is 35.4 Å². The second kappa shape index (κ2) is 6.22. The predicted molar refractivity (Wildman–Crippen MR) is 65.2 cm³/mol. The monoisotopic (exact) mass is 256 g/mol. The number of nitrogens with zero attached hydrogens (tertiary/aromatic N) is 1. The summed E-state index contributed by atoms with van der Waals surface area (Å²) in [5.41, 5.74) is 6.17. The molecule has 1 aromatic rings. The third kappa shape index (κ3) is 3.25. The quantitative estimate of drug-likeness (QED) is 0.891. The fourth-order valence-electron chi connectivity index (χ4n) is 2.11. The number of nitrogens with two attached hydrogens (primary N) is 1. The van der Waals surface area contributed by atoms with E-state index in [-0.39, 0.29) is 5.56 Å². The van der Waals surface area contributed by atoms with Crippen LogP contribution in [0.25, 0.3) is 0 Å². The van der Waals surface area contributed by atoms with Crippen molar-refractivity contribution in [2.75, 3.05) is 32.8 Å². The van der Waals surface area contributed by atoms with E-state index in [0.717, 1.165) is 38.9 Å². The van der Waals surface area contributed by atoms with E-state index in [1.54, 1.807) is 6.07 Å². The summed E-state index contributed by atoms with van der Waals surface area (Å²) in [4.78, 5) is 2.22. The molecule has 2 N–H and O–H groups in total. The van der Waals surface area contributed by atoms with Gasteiger partial charge in [-0.2, -0.15) is 0 Å². The summed E-state index contributed by atoms with van der Waals surface area (Å²) >= 11 is 0. The van der Waals surface area contributed by atoms with E-state index in [2.05, 4.69) is 4.90 Å². The van der Waals surface area contributed by atoms with Gasteiger partial charge in [0.2, 0.25) is 0 Å². The van der Waals surface area contributed by atoms with Crippen LogP contribution in [0.3, 0.4) is 0 Å². The first-order valence-electron chi connectivity index (χ1n) is 6.18. The molecule has 0 spiro atoms. The highest BCUT2D eigenvalue weighted by molar-refractivity contribution is 5.22. The van der Waals surface area contributed by atoms with E-state index in [4.69, 9.17) is 10.5 Å². The standard InChI is InChI=1S/C13H18F2N2O/c14-11-3-1-2-10(13(11)15)12(16)4-5-17-6-8-18-9-7-17/h1-3,12H,4-9,16H2. The van der Waals surface area contributed by atoms with Crippen LogP contribution in [0.5, 0.6) is 0 Å². The molecule has 0 saturated carbocycles. The molecule has 5 heteroatoms. The number of halogens is 2. The molecule has 1 aliphatic rings. The lowest BCUT2D eigenvalue weighted by molar-refractivity contribution is 0.0366. The molecular weight excluding hydrogens is 238 g/mol. The van der Waals surface area contributed by atoms with E-state index >= 15 is 0 Å². The van der Waals surface area contributed by atoms with Gasteiger partial charge in [0.25, 0.3) is 0 Å². The zero-order chi connectivity index (χ0) is 13.0. The fraction of sp³-hybridized carbons (Fsp3) is 0.538. The summed E-state index contributed by atoms with van der Waals surface area (Å²) in [6, 6.07) is 3.67. The van der Waals surface area contributed by atoms with Crippen molar-refractivity contribution in [2.24, 2.45) is 5.73 Å². The third-order valence-corrected chi connectivity index (χ3v) is 3.24. The topological polar surface area (TPSA) is 38.5 Å². The Morgan fingerprint density at radius 2 is 2.00 bits per heavy atom. The van der Waals surface area contributed by atoms with Gasteiger partial charge in [-0.1, -0.05) is 12.1 Å². The minimum atomic E-state index is -0.839. The lowest BCUT2D eigenvalue weighted by Crippen LogP contribution is -2.37. The Bertz CT molecular complexity index is 395. The molecular formula is C13H18F2N2O. The zero-order valence-corrected chi connectivity index (χ0v) is 10.2. The van der Waals surface area contributed by atoms with Crippen LogP contribution in [0.1, 0.15) is 18.0 Å². The molecule has 1 unspecified atom stereocenters. The lowest BCUT2D eigenvalue weighted by Gasteiger charge is -2.27. The van der Waals surface area contributed by atoms with E-state index in [9.17, 15) is 8.78 Å². The van der Waals surface area contributed by atoms with Gasteiger partial charge in [0.15, 0.2) is 11.6 Å². The molecule has 0 bridgehead atoms. The number of ether oxygens (including phenoxy) is 1. The Kier molecular flexibility index (Phi) is 4.63. The Hall–Kier alpha value is -1.04. The molecule has 18 heavy (non-hydrogen) atoms. The second-order valence-electron chi connectivity index (χ2n) is 4.49. The van der Waals surface area contributed by atoms with Crippen LogP contribution in [0, 0.1) is 11.6 Å². The number of rotatable bonds is 4. The maximum Gasteiger partial charge on any atom is 0.163 e. The van der Waals surface area contributed by atoms with Gasteiger partial charge in [0, 0.05) is 31.2 Å².